The van der Waals surface area contributed by atoms with Gasteiger partial charge in [-0.1, -0.05) is 30.3 Å². The number of carbonyl (C=O) groups excluding carboxylic acids is 2. The zero-order chi connectivity index (χ0) is 25.7. The summed E-state index contributed by atoms with van der Waals surface area (Å²) in [6.45, 7) is 2.14. The van der Waals surface area contributed by atoms with Crippen LogP contribution in [0.25, 0.3) is 10.9 Å². The number of hydrogen-bond acceptors (Lipinski definition) is 6. The van der Waals surface area contributed by atoms with Crippen molar-refractivity contribution < 1.29 is 23.8 Å². The summed E-state index contributed by atoms with van der Waals surface area (Å²) in [4.78, 5) is 39.5. The highest BCUT2D eigenvalue weighted by atomic mass is 16.5. The number of rotatable bonds is 9. The molecule has 4 aromatic rings. The summed E-state index contributed by atoms with van der Waals surface area (Å²) in [7, 11) is 3.04. The van der Waals surface area contributed by atoms with Crippen LogP contribution in [0.5, 0.6) is 17.2 Å². The van der Waals surface area contributed by atoms with E-state index in [1.165, 1.54) is 20.4 Å². The normalized spacial score (nSPS) is 10.6. The fourth-order valence-corrected chi connectivity index (χ4v) is 3.94. The van der Waals surface area contributed by atoms with Gasteiger partial charge in [-0.25, -0.2) is 0 Å². The molecule has 0 unspecified atom stereocenters. The lowest BCUT2D eigenvalue weighted by molar-refractivity contribution is -0.116. The number of nitrogens with zero attached hydrogens (tertiary/aromatic N) is 1. The summed E-state index contributed by atoms with van der Waals surface area (Å²) in [5, 5.41) is 3.12. The number of amides is 1. The number of ketones is 1. The van der Waals surface area contributed by atoms with Crippen molar-refractivity contribution in [2.45, 2.75) is 13.5 Å². The monoisotopic (exact) mass is 486 g/mol. The third-order valence-corrected chi connectivity index (χ3v) is 5.62. The van der Waals surface area contributed by atoms with E-state index in [4.69, 9.17) is 14.2 Å². The average molecular weight is 487 g/mol. The molecule has 8 heteroatoms. The summed E-state index contributed by atoms with van der Waals surface area (Å²) >= 11 is 0. The molecule has 0 saturated heterocycles. The van der Waals surface area contributed by atoms with Crippen LogP contribution in [0.4, 0.5) is 5.69 Å². The molecule has 8 nitrogen and oxygen atoms in total. The van der Waals surface area contributed by atoms with E-state index < -0.39 is 11.2 Å². The van der Waals surface area contributed by atoms with E-state index in [2.05, 4.69) is 5.32 Å². The Bertz CT molecular complexity index is 1480. The van der Waals surface area contributed by atoms with Crippen molar-refractivity contribution in [2.75, 3.05) is 26.1 Å². The number of methoxy groups -OCH3 is 2. The van der Waals surface area contributed by atoms with Gasteiger partial charge in [0, 0.05) is 23.5 Å². The first-order chi connectivity index (χ1) is 17.4. The van der Waals surface area contributed by atoms with Crippen LogP contribution in [0.15, 0.2) is 77.7 Å². The van der Waals surface area contributed by atoms with Crippen LogP contribution >= 0.6 is 0 Å². The van der Waals surface area contributed by atoms with Crippen LogP contribution in [0.1, 0.15) is 22.8 Å². The molecule has 184 valence electrons. The number of anilines is 1. The maximum absolute atomic E-state index is 13.3. The van der Waals surface area contributed by atoms with Gasteiger partial charge in [0.2, 0.25) is 11.3 Å². The minimum Gasteiger partial charge on any atom is -0.494 e. The van der Waals surface area contributed by atoms with Crippen LogP contribution in [-0.2, 0) is 11.3 Å². The first-order valence-corrected chi connectivity index (χ1v) is 11.4. The lowest BCUT2D eigenvalue weighted by Gasteiger charge is -2.15. The molecule has 4 rings (SSSR count). The predicted octanol–water partition coefficient (Wildman–Crippen LogP) is 4.29. The second-order valence-electron chi connectivity index (χ2n) is 7.92. The van der Waals surface area contributed by atoms with Gasteiger partial charge in [0.05, 0.1) is 37.3 Å². The molecule has 0 aliphatic carbocycles. The highest BCUT2D eigenvalue weighted by molar-refractivity contribution is 6.10. The number of hydrogen-bond donors (Lipinski definition) is 1. The third-order valence-electron chi connectivity index (χ3n) is 5.62. The lowest BCUT2D eigenvalue weighted by Crippen LogP contribution is -2.24. The molecular weight excluding hydrogens is 460 g/mol. The highest BCUT2D eigenvalue weighted by Gasteiger charge is 2.19. The Morgan fingerprint density at radius 1 is 0.917 bits per heavy atom. The molecule has 0 aliphatic rings. The SMILES string of the molecule is CCOc1ccc2c(c1)c(=O)c(C(=O)c1ccccc1)cn2CC(=O)Nc1ccc(OC)c(OC)c1. The molecule has 0 fully saturated rings. The van der Waals surface area contributed by atoms with Crippen molar-refractivity contribution in [1.82, 2.24) is 4.57 Å². The molecule has 1 amide bonds. The minimum absolute atomic E-state index is 0.0266. The third kappa shape index (κ3) is 5.07. The fraction of sp³-hybridized carbons (Fsp3) is 0.179. The molecule has 0 radical (unpaired) electrons. The number of benzene rings is 3. The van der Waals surface area contributed by atoms with Gasteiger partial charge in [0.15, 0.2) is 17.3 Å². The summed E-state index contributed by atoms with van der Waals surface area (Å²) in [6, 6.07) is 18.6. The Kier molecular flexibility index (Phi) is 7.34. The second-order valence-corrected chi connectivity index (χ2v) is 7.92. The summed E-state index contributed by atoms with van der Waals surface area (Å²) < 4.78 is 17.7. The summed E-state index contributed by atoms with van der Waals surface area (Å²) in [6.07, 6.45) is 1.44. The Hall–Kier alpha value is -4.59. The molecule has 1 N–H and O–H groups in total. The maximum atomic E-state index is 13.3. The average Bonchev–Trinajstić information content (AvgIpc) is 2.90. The van der Waals surface area contributed by atoms with Crippen molar-refractivity contribution in [3.05, 3.63) is 94.3 Å². The molecular formula is C28H26N2O6. The smallest absolute Gasteiger partial charge is 0.244 e. The van der Waals surface area contributed by atoms with E-state index in [1.807, 2.05) is 6.92 Å². The molecule has 0 aliphatic heterocycles. The summed E-state index contributed by atoms with van der Waals surface area (Å²) in [5.74, 6) is 0.754. The van der Waals surface area contributed by atoms with E-state index in [0.29, 0.717) is 46.0 Å². The van der Waals surface area contributed by atoms with Crippen molar-refractivity contribution >= 4 is 28.3 Å². The first-order valence-electron chi connectivity index (χ1n) is 11.4. The Labute approximate surface area is 208 Å². The van der Waals surface area contributed by atoms with E-state index in [1.54, 1.807) is 71.3 Å². The number of aromatic nitrogens is 1. The Morgan fingerprint density at radius 2 is 1.67 bits per heavy atom. The zero-order valence-electron chi connectivity index (χ0n) is 20.2. The Morgan fingerprint density at radius 3 is 2.36 bits per heavy atom. The molecule has 36 heavy (non-hydrogen) atoms. The van der Waals surface area contributed by atoms with Crippen molar-refractivity contribution in [2.24, 2.45) is 0 Å². The molecule has 3 aromatic carbocycles. The molecule has 0 atom stereocenters. The van der Waals surface area contributed by atoms with Gasteiger partial charge in [-0.3, -0.25) is 14.4 Å². The van der Waals surface area contributed by atoms with Gasteiger partial charge in [0.1, 0.15) is 12.3 Å². The molecule has 1 heterocycles. The van der Waals surface area contributed by atoms with E-state index in [0.717, 1.165) is 0 Å². The van der Waals surface area contributed by atoms with Gasteiger partial charge < -0.3 is 24.1 Å². The zero-order valence-corrected chi connectivity index (χ0v) is 20.2. The van der Waals surface area contributed by atoms with Crippen LogP contribution in [0.2, 0.25) is 0 Å². The Balaban J connectivity index is 1.74. The van der Waals surface area contributed by atoms with Gasteiger partial charge in [-0.2, -0.15) is 0 Å². The van der Waals surface area contributed by atoms with E-state index in [-0.39, 0.29) is 18.0 Å². The molecule has 0 bridgehead atoms. The first kappa shape index (κ1) is 24.5. The maximum Gasteiger partial charge on any atom is 0.244 e. The fourth-order valence-electron chi connectivity index (χ4n) is 3.94. The minimum atomic E-state index is -0.419. The van der Waals surface area contributed by atoms with E-state index in [9.17, 15) is 14.4 Å². The molecule has 0 spiro atoms. The number of fused-ring (bicyclic) bond motifs is 1. The van der Waals surface area contributed by atoms with Gasteiger partial charge in [-0.15, -0.1) is 0 Å². The highest BCUT2D eigenvalue weighted by Crippen LogP contribution is 2.29. The van der Waals surface area contributed by atoms with Gasteiger partial charge in [-0.05, 0) is 37.3 Å². The molecule has 0 saturated carbocycles. The topological polar surface area (TPSA) is 95.9 Å². The van der Waals surface area contributed by atoms with Crippen LogP contribution in [-0.4, -0.2) is 37.1 Å². The number of nitrogens with one attached hydrogen (secondary N) is 1. The van der Waals surface area contributed by atoms with Crippen LogP contribution in [0.3, 0.4) is 0 Å². The number of pyridine rings is 1. The standard InChI is InChI=1S/C28H26N2O6/c1-4-36-20-11-12-23-21(15-20)28(33)22(27(32)18-8-6-5-7-9-18)16-30(23)17-26(31)29-19-10-13-24(34-2)25(14-19)35-3/h5-16H,4,17H2,1-3H3,(H,29,31). The van der Waals surface area contributed by atoms with Crippen LogP contribution in [0, 0.1) is 0 Å². The van der Waals surface area contributed by atoms with E-state index >= 15 is 0 Å². The number of carbonyl (C=O) groups is 2. The molecule has 1 aromatic heterocycles. The lowest BCUT2D eigenvalue weighted by atomic mass is 10.0. The van der Waals surface area contributed by atoms with Crippen molar-refractivity contribution in [1.29, 1.82) is 0 Å². The predicted molar refractivity (Wildman–Crippen MR) is 137 cm³/mol. The largest absolute Gasteiger partial charge is 0.494 e. The van der Waals surface area contributed by atoms with Gasteiger partial charge in [0.25, 0.3) is 0 Å². The van der Waals surface area contributed by atoms with Gasteiger partial charge >= 0.3 is 0 Å². The van der Waals surface area contributed by atoms with Crippen LogP contribution < -0.4 is 25.0 Å². The quantitative estimate of drug-likeness (QED) is 0.355. The van der Waals surface area contributed by atoms with Crippen molar-refractivity contribution in [3.8, 4) is 17.2 Å². The number of ether oxygens (including phenoxy) is 3. The summed E-state index contributed by atoms with van der Waals surface area (Å²) in [5.41, 5.74) is 0.965. The van der Waals surface area contributed by atoms with Crippen molar-refractivity contribution in [3.63, 3.8) is 0 Å². The second kappa shape index (κ2) is 10.8.